The average molecular weight is 385 g/mol. The Morgan fingerprint density at radius 1 is 1.41 bits per heavy atom. The van der Waals surface area contributed by atoms with Gasteiger partial charge in [0.05, 0.1) is 17.5 Å². The highest BCUT2D eigenvalue weighted by molar-refractivity contribution is 9.10. The molecule has 4 nitrogen and oxygen atoms in total. The van der Waals surface area contributed by atoms with E-state index in [1.807, 2.05) is 25.1 Å². The van der Waals surface area contributed by atoms with Gasteiger partial charge in [-0.2, -0.15) is 0 Å². The largest absolute Gasteiger partial charge is 0.381 e. The lowest BCUT2D eigenvalue weighted by Crippen LogP contribution is -2.25. The molecular weight excluding hydrogens is 364 g/mol. The minimum absolute atomic E-state index is 0.0268. The number of rotatable bonds is 7. The normalized spacial score (nSPS) is 11.5. The molecule has 0 atom stereocenters. The van der Waals surface area contributed by atoms with Crippen LogP contribution in [-0.2, 0) is 11.3 Å². The molecule has 1 aromatic carbocycles. The molecule has 0 amide bonds. The predicted molar refractivity (Wildman–Crippen MR) is 95.8 cm³/mol. The average Bonchev–Trinajstić information content (AvgIpc) is 2.47. The number of nitrogens with zero attached hydrogens (tertiary/aromatic N) is 2. The molecule has 0 aliphatic carbocycles. The number of ether oxygens (including phenoxy) is 1. The second kappa shape index (κ2) is 8.13. The van der Waals surface area contributed by atoms with Gasteiger partial charge in [-0.15, -0.1) is 0 Å². The Bertz CT molecular complexity index is 700. The summed E-state index contributed by atoms with van der Waals surface area (Å²) in [4.78, 5) is 17.5. The van der Waals surface area contributed by atoms with E-state index >= 15 is 0 Å². The van der Waals surface area contributed by atoms with Gasteiger partial charge in [0.2, 0.25) is 0 Å². The molecule has 0 saturated carbocycles. The number of hydrogen-bond acceptors (Lipinski definition) is 4. The fourth-order valence-corrected chi connectivity index (χ4v) is 3.37. The van der Waals surface area contributed by atoms with E-state index in [0.717, 1.165) is 20.9 Å². The van der Waals surface area contributed by atoms with Crippen LogP contribution in [0.3, 0.4) is 0 Å². The molecule has 6 heteroatoms. The van der Waals surface area contributed by atoms with Crippen molar-refractivity contribution in [2.24, 2.45) is 5.92 Å². The summed E-state index contributed by atoms with van der Waals surface area (Å²) in [6.45, 7) is 8.23. The van der Waals surface area contributed by atoms with Crippen LogP contribution >= 0.6 is 27.7 Å². The van der Waals surface area contributed by atoms with Gasteiger partial charge < -0.3 is 4.74 Å². The monoisotopic (exact) mass is 384 g/mol. The maximum absolute atomic E-state index is 12.8. The zero-order chi connectivity index (χ0) is 16.1. The fraction of sp³-hybridized carbons (Fsp3) is 0.500. The number of aromatic nitrogens is 2. The lowest BCUT2D eigenvalue weighted by Gasteiger charge is -2.15. The topological polar surface area (TPSA) is 44.1 Å². The summed E-state index contributed by atoms with van der Waals surface area (Å²) in [5.74, 6) is 1.18. The highest BCUT2D eigenvalue weighted by Crippen LogP contribution is 2.21. The van der Waals surface area contributed by atoms with Gasteiger partial charge in [-0.25, -0.2) is 4.98 Å². The van der Waals surface area contributed by atoms with Crippen molar-refractivity contribution in [3.63, 3.8) is 0 Å². The van der Waals surface area contributed by atoms with Crippen molar-refractivity contribution in [2.45, 2.75) is 32.5 Å². The van der Waals surface area contributed by atoms with Crippen LogP contribution in [0.4, 0.5) is 0 Å². The van der Waals surface area contributed by atoms with Gasteiger partial charge in [-0.3, -0.25) is 9.36 Å². The Balaban J connectivity index is 2.43. The van der Waals surface area contributed by atoms with Crippen LogP contribution in [0, 0.1) is 5.92 Å². The molecule has 0 N–H and O–H groups in total. The molecule has 2 rings (SSSR count). The van der Waals surface area contributed by atoms with Gasteiger partial charge >= 0.3 is 0 Å². The highest BCUT2D eigenvalue weighted by atomic mass is 79.9. The van der Waals surface area contributed by atoms with Crippen LogP contribution in [0.1, 0.15) is 20.8 Å². The Morgan fingerprint density at radius 2 is 2.18 bits per heavy atom. The lowest BCUT2D eigenvalue weighted by molar-refractivity contribution is 0.164. The van der Waals surface area contributed by atoms with Crippen LogP contribution in [0.25, 0.3) is 10.9 Å². The smallest absolute Gasteiger partial charge is 0.262 e. The molecule has 0 fully saturated rings. The summed E-state index contributed by atoms with van der Waals surface area (Å²) in [5, 5.41) is 1.43. The quantitative estimate of drug-likeness (QED) is 0.411. The van der Waals surface area contributed by atoms with Crippen molar-refractivity contribution in [1.29, 1.82) is 0 Å². The molecule has 1 heterocycles. The first kappa shape index (κ1) is 17.5. The van der Waals surface area contributed by atoms with Gasteiger partial charge in [-0.05, 0) is 31.0 Å². The maximum Gasteiger partial charge on any atom is 0.262 e. The summed E-state index contributed by atoms with van der Waals surface area (Å²) < 4.78 is 8.05. The second-order valence-corrected chi connectivity index (χ2v) is 7.39. The van der Waals surface area contributed by atoms with Crippen molar-refractivity contribution in [3.8, 4) is 0 Å². The number of benzene rings is 1. The van der Waals surface area contributed by atoms with Gasteiger partial charge in [-0.1, -0.05) is 41.5 Å². The third-order valence-electron chi connectivity index (χ3n) is 3.09. The Hall–Kier alpha value is -0.850. The van der Waals surface area contributed by atoms with E-state index in [1.165, 1.54) is 0 Å². The Kier molecular flexibility index (Phi) is 6.47. The fourth-order valence-electron chi connectivity index (χ4n) is 2.15. The van der Waals surface area contributed by atoms with Crippen molar-refractivity contribution in [2.75, 3.05) is 19.0 Å². The van der Waals surface area contributed by atoms with Crippen LogP contribution < -0.4 is 5.56 Å². The molecule has 0 saturated heterocycles. The van der Waals surface area contributed by atoms with E-state index in [0.29, 0.717) is 31.1 Å². The van der Waals surface area contributed by atoms with E-state index in [4.69, 9.17) is 4.74 Å². The number of halogens is 1. The summed E-state index contributed by atoms with van der Waals surface area (Å²) in [7, 11) is 0. The lowest BCUT2D eigenvalue weighted by atomic mass is 10.2. The molecular formula is C16H21BrN2O2S. The van der Waals surface area contributed by atoms with E-state index in [9.17, 15) is 4.79 Å². The number of fused-ring (bicyclic) bond motifs is 1. The molecule has 0 aliphatic heterocycles. The molecule has 0 aliphatic rings. The van der Waals surface area contributed by atoms with Crippen molar-refractivity contribution >= 4 is 38.6 Å². The number of hydrogen-bond donors (Lipinski definition) is 0. The third kappa shape index (κ3) is 4.33. The Morgan fingerprint density at radius 3 is 2.86 bits per heavy atom. The van der Waals surface area contributed by atoms with Crippen LogP contribution in [-0.4, -0.2) is 28.5 Å². The van der Waals surface area contributed by atoms with Crippen LogP contribution in [0.5, 0.6) is 0 Å². The molecule has 22 heavy (non-hydrogen) atoms. The summed E-state index contributed by atoms with van der Waals surface area (Å²) >= 11 is 5.00. The van der Waals surface area contributed by atoms with Crippen molar-refractivity contribution in [1.82, 2.24) is 9.55 Å². The third-order valence-corrected chi connectivity index (χ3v) is 4.53. The van der Waals surface area contributed by atoms with Gasteiger partial charge in [0.15, 0.2) is 5.16 Å². The van der Waals surface area contributed by atoms with Crippen molar-refractivity contribution < 1.29 is 4.74 Å². The SMILES string of the molecule is CCOCCSc1nc2ccc(Br)cc2c(=O)n1CC(C)C. The van der Waals surface area contributed by atoms with E-state index < -0.39 is 0 Å². The first-order chi connectivity index (χ1) is 10.5. The van der Waals surface area contributed by atoms with E-state index in [-0.39, 0.29) is 5.56 Å². The highest BCUT2D eigenvalue weighted by Gasteiger charge is 2.13. The molecule has 1 aromatic heterocycles. The Labute approximate surface area is 143 Å². The zero-order valence-electron chi connectivity index (χ0n) is 13.1. The first-order valence-electron chi connectivity index (χ1n) is 7.43. The molecule has 0 radical (unpaired) electrons. The summed E-state index contributed by atoms with van der Waals surface area (Å²) in [5.41, 5.74) is 0.769. The van der Waals surface area contributed by atoms with Gasteiger partial charge in [0, 0.05) is 23.4 Å². The molecule has 0 bridgehead atoms. The van der Waals surface area contributed by atoms with Crippen LogP contribution in [0.2, 0.25) is 0 Å². The first-order valence-corrected chi connectivity index (χ1v) is 9.21. The standard InChI is InChI=1S/C16H21BrN2O2S/c1-4-21-7-8-22-16-18-14-6-5-12(17)9-13(14)15(20)19(16)10-11(2)3/h5-6,9,11H,4,7-8,10H2,1-3H3. The summed E-state index contributed by atoms with van der Waals surface area (Å²) in [6, 6.07) is 5.64. The zero-order valence-corrected chi connectivity index (χ0v) is 15.5. The summed E-state index contributed by atoms with van der Waals surface area (Å²) in [6.07, 6.45) is 0. The predicted octanol–water partition coefficient (Wildman–Crippen LogP) is 3.94. The minimum atomic E-state index is 0.0268. The van der Waals surface area contributed by atoms with E-state index in [2.05, 4.69) is 34.8 Å². The van der Waals surface area contributed by atoms with Gasteiger partial charge in [0.1, 0.15) is 0 Å². The second-order valence-electron chi connectivity index (χ2n) is 5.41. The molecule has 120 valence electrons. The molecule has 0 spiro atoms. The molecule has 0 unspecified atom stereocenters. The molecule has 2 aromatic rings. The van der Waals surface area contributed by atoms with Crippen molar-refractivity contribution in [3.05, 3.63) is 33.0 Å². The number of thioether (sulfide) groups is 1. The minimum Gasteiger partial charge on any atom is -0.381 e. The van der Waals surface area contributed by atoms with E-state index in [1.54, 1.807) is 16.3 Å². The maximum atomic E-state index is 12.8. The van der Waals surface area contributed by atoms with Gasteiger partial charge in [0.25, 0.3) is 5.56 Å². The van der Waals surface area contributed by atoms with Crippen LogP contribution in [0.15, 0.2) is 32.6 Å².